The van der Waals surface area contributed by atoms with E-state index in [1.54, 1.807) is 49.0 Å². The maximum absolute atomic E-state index is 6.92. The Hall–Kier alpha value is 1.02. The van der Waals surface area contributed by atoms with Crippen LogP contribution in [0.2, 0.25) is 0 Å². The average Bonchev–Trinajstić information content (AvgIpc) is 2.83. The third kappa shape index (κ3) is 93.4. The molecule has 0 aromatic carbocycles. The van der Waals surface area contributed by atoms with E-state index in [1.807, 2.05) is 0 Å². The minimum absolute atomic E-state index is 0. The summed E-state index contributed by atoms with van der Waals surface area (Å²) in [5.74, 6) is 1.05. The molecule has 1 rings (SSSR count). The Bertz CT molecular complexity index is 176. The van der Waals surface area contributed by atoms with Gasteiger partial charge in [-0.05, 0) is 18.7 Å². The SMILES string of the molecule is CC1CCCC1.C[N-]C.C[N-]C.C[N-]C.[2H]C([3H])(C)P([3H])C.[CH3-].[Ti+4]. The fourth-order valence-electron chi connectivity index (χ4n) is 1.13. The summed E-state index contributed by atoms with van der Waals surface area (Å²) < 4.78 is 20.7. The van der Waals surface area contributed by atoms with Crippen LogP contribution in [-0.4, -0.2) is 56.3 Å². The van der Waals surface area contributed by atoms with Crippen LogP contribution in [0.1, 0.15) is 42.3 Å². The fraction of sp³-hybridized carbons (Fsp3) is 0.938. The van der Waals surface area contributed by atoms with Gasteiger partial charge in [0.25, 0.3) is 0 Å². The molecule has 21 heavy (non-hydrogen) atoms. The molecule has 0 radical (unpaired) electrons. The zero-order valence-corrected chi connectivity index (χ0v) is 18.7. The molecule has 0 heterocycles. The zero-order valence-electron chi connectivity index (χ0n) is 19.2. The Morgan fingerprint density at radius 2 is 1.29 bits per heavy atom. The summed E-state index contributed by atoms with van der Waals surface area (Å²) in [6.45, 7) is 5.38. The van der Waals surface area contributed by atoms with Gasteiger partial charge in [0.1, 0.15) is 0 Å². The first-order valence-electron chi connectivity index (χ1n) is 8.20. The largest absolute Gasteiger partial charge is 4.00 e. The van der Waals surface area contributed by atoms with Gasteiger partial charge in [-0.2, -0.15) is 42.3 Å². The predicted molar refractivity (Wildman–Crippen MR) is 104 cm³/mol. The molecular weight excluding hydrogens is 313 g/mol. The molecule has 0 amide bonds. The molecule has 5 heteroatoms. The fourth-order valence-corrected chi connectivity index (χ4v) is 1.13. The van der Waals surface area contributed by atoms with E-state index in [9.17, 15) is 0 Å². The molecule has 0 aromatic rings. The number of nitrogens with zero attached hydrogens (tertiary/aromatic N) is 3. The van der Waals surface area contributed by atoms with Gasteiger partial charge in [-0.3, -0.25) is 0 Å². The number of hydrogen-bond donors (Lipinski definition) is 0. The van der Waals surface area contributed by atoms with Crippen molar-refractivity contribution in [1.29, 1.82) is 1.28 Å². The first-order valence-corrected chi connectivity index (χ1v) is 8.09. The van der Waals surface area contributed by atoms with Gasteiger partial charge < -0.3 is 23.4 Å². The second-order valence-corrected chi connectivity index (χ2v) is 5.07. The van der Waals surface area contributed by atoms with Crippen LogP contribution >= 0.6 is 8.53 Å². The van der Waals surface area contributed by atoms with Crippen molar-refractivity contribution in [2.24, 2.45) is 5.92 Å². The maximum Gasteiger partial charge on any atom is 4.00 e. The average molecular weight is 360 g/mol. The summed E-state index contributed by atoms with van der Waals surface area (Å²) in [5.41, 5.74) is 0. The van der Waals surface area contributed by atoms with E-state index < -0.39 is 14.6 Å². The van der Waals surface area contributed by atoms with Crippen LogP contribution in [0.3, 0.4) is 0 Å². The van der Waals surface area contributed by atoms with Crippen molar-refractivity contribution in [3.05, 3.63) is 23.4 Å². The molecule has 0 aliphatic heterocycles. The van der Waals surface area contributed by atoms with Gasteiger partial charge in [-0.1, -0.05) is 39.5 Å². The minimum Gasteiger partial charge on any atom is -0.668 e. The predicted octanol–water partition coefficient (Wildman–Crippen LogP) is 5.82. The molecule has 0 bridgehead atoms. The van der Waals surface area contributed by atoms with Crippen molar-refractivity contribution in [2.75, 3.05) is 55.1 Å². The van der Waals surface area contributed by atoms with E-state index in [2.05, 4.69) is 22.9 Å². The molecule has 3 nitrogen and oxygen atoms in total. The Labute approximate surface area is 158 Å². The van der Waals surface area contributed by atoms with Crippen LogP contribution in [0.5, 0.6) is 0 Å². The molecule has 1 saturated carbocycles. The zero-order chi connectivity index (χ0) is 18.6. The molecule has 2 unspecified atom stereocenters. The smallest absolute Gasteiger partial charge is 0.668 e. The van der Waals surface area contributed by atoms with E-state index >= 15 is 0 Å². The molecule has 2 atom stereocenters. The van der Waals surface area contributed by atoms with Crippen molar-refractivity contribution in [1.82, 2.24) is 0 Å². The van der Waals surface area contributed by atoms with Crippen LogP contribution in [0.4, 0.5) is 0 Å². The molecule has 1 aliphatic carbocycles. The standard InChI is InChI=1S/C6H12.C3H9P.3C2H6N.CH3.Ti/c1-6-4-2-3-5-6;1-3-4-2;3*1-3-2;;/h6H,2-5H2,1H3;4H,3H2,1-2H3;3*1-2H3;1H3;/q;;4*-1;+4/i;3TD,4T;;;;;. The topological polar surface area (TPSA) is 42.3 Å². The van der Waals surface area contributed by atoms with Gasteiger partial charge in [0, 0.05) is 2.74 Å². The Morgan fingerprint density at radius 3 is 1.33 bits per heavy atom. The summed E-state index contributed by atoms with van der Waals surface area (Å²) in [6, 6.07) is 0. The molecule has 0 N–H and O–H groups in total. The van der Waals surface area contributed by atoms with E-state index in [1.165, 1.54) is 32.6 Å². The van der Waals surface area contributed by atoms with Crippen molar-refractivity contribution in [3.63, 3.8) is 0 Å². The van der Waals surface area contributed by atoms with Crippen LogP contribution in [-0.2, 0) is 21.7 Å². The van der Waals surface area contributed by atoms with Gasteiger partial charge in [-0.25, -0.2) is 0 Å². The van der Waals surface area contributed by atoms with Crippen molar-refractivity contribution < 1.29 is 24.5 Å². The van der Waals surface area contributed by atoms with E-state index in [0.29, 0.717) is 0 Å². The second kappa shape index (κ2) is 49.7. The monoisotopic (exact) mass is 360 g/mol. The van der Waals surface area contributed by atoms with Gasteiger partial charge in [0.2, 0.25) is 0 Å². The van der Waals surface area contributed by atoms with Gasteiger partial charge in [-0.15, -0.1) is 8.53 Å². The molecule has 0 spiro atoms. The number of hydrogen-bond acceptors (Lipinski definition) is 0. The third-order valence-corrected chi connectivity index (χ3v) is 2.31. The molecule has 1 fully saturated rings. The first kappa shape index (κ1) is 26.9. The summed E-state index contributed by atoms with van der Waals surface area (Å²) in [6.07, 6.45) is 4.68. The van der Waals surface area contributed by atoms with Crippen molar-refractivity contribution in [2.45, 2.75) is 39.5 Å². The van der Waals surface area contributed by atoms with Crippen LogP contribution in [0.15, 0.2) is 0 Å². The van der Waals surface area contributed by atoms with Gasteiger partial charge in [0.05, 0.1) is 1.28 Å². The summed E-state index contributed by atoms with van der Waals surface area (Å²) >= 11 is 0. The van der Waals surface area contributed by atoms with Crippen LogP contribution in [0, 0.1) is 13.3 Å². The molecule has 0 saturated heterocycles. The van der Waals surface area contributed by atoms with E-state index in [4.69, 9.17) is 4.02 Å². The molecule has 0 aromatic heterocycles. The Kier molecular flexibility index (Phi) is 63.7. The summed E-state index contributed by atoms with van der Waals surface area (Å²) in [4.78, 5) is 0. The molecular formula is C16H42N3PTi. The second-order valence-electron chi connectivity index (χ2n) is 4.18. The normalized spacial score (nSPS) is 17.9. The number of rotatable bonds is 1. The first-order chi connectivity index (χ1) is 10.1. The summed E-state index contributed by atoms with van der Waals surface area (Å²) in [5, 5.41) is 10.5. The van der Waals surface area contributed by atoms with E-state index in [0.717, 1.165) is 5.92 Å². The molecule has 130 valence electrons. The van der Waals surface area contributed by atoms with Crippen LogP contribution in [0.25, 0.3) is 16.0 Å². The van der Waals surface area contributed by atoms with E-state index in [-0.39, 0.29) is 29.1 Å². The van der Waals surface area contributed by atoms with Crippen LogP contribution < -0.4 is 0 Å². The minimum atomic E-state index is -1.27. The summed E-state index contributed by atoms with van der Waals surface area (Å²) in [7, 11) is 9.34. The van der Waals surface area contributed by atoms with Gasteiger partial charge >= 0.3 is 21.7 Å². The van der Waals surface area contributed by atoms with Gasteiger partial charge in [0.15, 0.2) is 0 Å². The third-order valence-electron chi connectivity index (χ3n) is 1.87. The quantitative estimate of drug-likeness (QED) is 0.321. The molecule has 1 aliphatic rings. The maximum atomic E-state index is 6.92. The van der Waals surface area contributed by atoms with Crippen molar-refractivity contribution >= 4 is 8.53 Å². The van der Waals surface area contributed by atoms with Crippen molar-refractivity contribution in [3.8, 4) is 0 Å². The Balaban J connectivity index is -0.0000000437. The Morgan fingerprint density at radius 1 is 1.10 bits per heavy atom.